The molecule has 0 aliphatic rings. The molecule has 2 unspecified atom stereocenters. The third-order valence-electron chi connectivity index (χ3n) is 2.77. The van der Waals surface area contributed by atoms with E-state index in [1.807, 2.05) is 0 Å². The van der Waals surface area contributed by atoms with Crippen molar-refractivity contribution in [2.24, 2.45) is 0 Å². The largest absolute Gasteiger partial charge is 0.0654 e. The Morgan fingerprint density at radius 3 is 2.07 bits per heavy atom. The van der Waals surface area contributed by atoms with Crippen molar-refractivity contribution in [2.45, 2.75) is 71.6 Å². The van der Waals surface area contributed by atoms with Crippen molar-refractivity contribution in [3.05, 3.63) is 0 Å². The molecule has 15 heavy (non-hydrogen) atoms. The summed E-state index contributed by atoms with van der Waals surface area (Å²) in [6.45, 7) is 4.59. The second kappa shape index (κ2) is 14.9. The number of rotatable bonds is 12. The lowest BCUT2D eigenvalue weighted by Gasteiger charge is -1.98. The van der Waals surface area contributed by atoms with E-state index in [-0.39, 0.29) is 0 Å². The average molecular weight is 249 g/mol. The van der Waals surface area contributed by atoms with Gasteiger partial charge in [0.25, 0.3) is 0 Å². The zero-order chi connectivity index (χ0) is 11.2. The molecule has 2 heteroatoms. The van der Waals surface area contributed by atoms with Gasteiger partial charge < -0.3 is 0 Å². The monoisotopic (exact) mass is 249 g/mol. The predicted molar refractivity (Wildman–Crippen MR) is 80.7 cm³/mol. The van der Waals surface area contributed by atoms with Crippen molar-refractivity contribution in [3.63, 3.8) is 0 Å². The van der Waals surface area contributed by atoms with Gasteiger partial charge in [-0.05, 0) is 19.0 Å². The molecule has 0 heterocycles. The molecule has 0 rings (SSSR count). The predicted octanol–water partition coefficient (Wildman–Crippen LogP) is 5.54. The minimum absolute atomic E-state index is 0.829. The van der Waals surface area contributed by atoms with E-state index < -0.39 is 0 Å². The Kier molecular flexibility index (Phi) is 15.7. The minimum atomic E-state index is 0.829. The van der Waals surface area contributed by atoms with Crippen molar-refractivity contribution < 1.29 is 0 Å². The van der Waals surface area contributed by atoms with Gasteiger partial charge in [0.2, 0.25) is 0 Å². The topological polar surface area (TPSA) is 0 Å². The van der Waals surface area contributed by atoms with Crippen LogP contribution in [-0.4, -0.2) is 12.3 Å². The summed E-state index contributed by atoms with van der Waals surface area (Å²) >= 11 is 0. The van der Waals surface area contributed by atoms with Crippen LogP contribution < -0.4 is 0 Å². The van der Waals surface area contributed by atoms with Gasteiger partial charge in [-0.3, -0.25) is 0 Å². The average Bonchev–Trinajstić information content (AvgIpc) is 2.26. The van der Waals surface area contributed by atoms with Crippen LogP contribution in [0.25, 0.3) is 0 Å². The summed E-state index contributed by atoms with van der Waals surface area (Å²) in [7, 11) is 2.17. The van der Waals surface area contributed by atoms with Crippen LogP contribution in [0.1, 0.15) is 71.6 Å². The molecule has 0 saturated carbocycles. The van der Waals surface area contributed by atoms with Crippen LogP contribution in [0.3, 0.4) is 0 Å². The van der Waals surface area contributed by atoms with Crippen molar-refractivity contribution in [3.8, 4) is 0 Å². The normalized spacial score (nSPS) is 12.4. The molecule has 0 aromatic heterocycles. The maximum atomic E-state index is 2.30. The quantitative estimate of drug-likeness (QED) is 0.314. The molecule has 0 amide bonds. The van der Waals surface area contributed by atoms with Gasteiger partial charge in [-0.1, -0.05) is 58.8 Å². The molecule has 0 aromatic carbocycles. The van der Waals surface area contributed by atoms with Crippen molar-refractivity contribution in [2.75, 3.05) is 12.3 Å². The Labute approximate surface area is 101 Å². The van der Waals surface area contributed by atoms with Crippen LogP contribution in [0.4, 0.5) is 0 Å². The maximum absolute atomic E-state index is 2.30. The Bertz CT molecular complexity index is 92.7. The fraction of sp³-hybridized carbons (Fsp3) is 1.00. The van der Waals surface area contributed by atoms with Gasteiger partial charge in [-0.2, -0.15) is 0 Å². The van der Waals surface area contributed by atoms with E-state index in [9.17, 15) is 0 Å². The van der Waals surface area contributed by atoms with Crippen LogP contribution in [-0.2, 0) is 0 Å². The summed E-state index contributed by atoms with van der Waals surface area (Å²) in [5.74, 6) is 0. The molecule has 0 aromatic rings. The van der Waals surface area contributed by atoms with Gasteiger partial charge in [-0.25, -0.2) is 0 Å². The highest BCUT2D eigenvalue weighted by Gasteiger charge is 1.96. The Hall–Kier alpha value is 0.860. The molecule has 0 radical (unpaired) electrons. The number of unbranched alkanes of at least 4 members (excludes halogenated alkanes) is 7. The lowest BCUT2D eigenvalue weighted by Crippen LogP contribution is -1.80. The Balaban J connectivity index is 2.81. The molecule has 92 valence electrons. The highest BCUT2D eigenvalue weighted by Crippen LogP contribution is 2.38. The van der Waals surface area contributed by atoms with Crippen LogP contribution in [0.2, 0.25) is 0 Å². The summed E-state index contributed by atoms with van der Waals surface area (Å²) < 4.78 is 0. The van der Waals surface area contributed by atoms with Crippen LogP contribution in [0.15, 0.2) is 0 Å². The summed E-state index contributed by atoms with van der Waals surface area (Å²) in [5.41, 5.74) is 0. The van der Waals surface area contributed by atoms with E-state index in [0.717, 1.165) is 8.27 Å². The molecule has 0 nitrogen and oxygen atoms in total. The van der Waals surface area contributed by atoms with E-state index in [2.05, 4.69) is 13.8 Å². The highest BCUT2D eigenvalue weighted by atomic mass is 32.0. The second-order valence-corrected chi connectivity index (χ2v) is 8.77. The summed E-state index contributed by atoms with van der Waals surface area (Å²) in [4.78, 5) is 0. The molecule has 0 spiro atoms. The Morgan fingerprint density at radius 1 is 0.733 bits per heavy atom. The molecule has 0 aliphatic carbocycles. The molecule has 0 N–H and O–H groups in total. The summed E-state index contributed by atoms with van der Waals surface area (Å²) in [5, 5.41) is 0. The van der Waals surface area contributed by atoms with Crippen LogP contribution >= 0.6 is 16.5 Å². The lowest BCUT2D eigenvalue weighted by molar-refractivity contribution is 0.627. The summed E-state index contributed by atoms with van der Waals surface area (Å²) in [6, 6.07) is 0. The van der Waals surface area contributed by atoms with Gasteiger partial charge >= 0.3 is 0 Å². The smallest absolute Gasteiger partial charge is 0.0569 e. The first-order valence-corrected chi connectivity index (χ1v) is 10.8. The van der Waals surface area contributed by atoms with Gasteiger partial charge in [0.15, 0.2) is 0 Å². The van der Waals surface area contributed by atoms with E-state index in [1.54, 1.807) is 12.3 Å². The van der Waals surface area contributed by atoms with E-state index in [4.69, 9.17) is 0 Å². The Morgan fingerprint density at radius 2 is 1.33 bits per heavy atom. The third-order valence-corrected chi connectivity index (χ3v) is 7.00. The zero-order valence-electron chi connectivity index (χ0n) is 10.9. The standard InChI is InChI=1S/C13H30P2/c1-3-5-7-8-9-11-13-15-14-12-10-6-4-2/h14-15H,3-13H2,1-2H3/p+1. The second-order valence-electron chi connectivity index (χ2n) is 4.42. The van der Waals surface area contributed by atoms with Gasteiger partial charge in [0.05, 0.1) is 6.16 Å². The summed E-state index contributed by atoms with van der Waals surface area (Å²) in [6.07, 6.45) is 16.3. The highest BCUT2D eigenvalue weighted by molar-refractivity contribution is 8.11. The van der Waals surface area contributed by atoms with Crippen LogP contribution in [0, 0.1) is 0 Å². The van der Waals surface area contributed by atoms with Crippen molar-refractivity contribution in [1.29, 1.82) is 0 Å². The fourth-order valence-electron chi connectivity index (χ4n) is 1.71. The zero-order valence-corrected chi connectivity index (χ0v) is 13.0. The molecular weight excluding hydrogens is 218 g/mol. The molecular formula is C13H31P2+. The van der Waals surface area contributed by atoms with Gasteiger partial charge in [-0.15, -0.1) is 0 Å². The molecule has 2 atom stereocenters. The van der Waals surface area contributed by atoms with Crippen molar-refractivity contribution >= 4 is 16.5 Å². The molecule has 0 aliphatic heterocycles. The lowest BCUT2D eigenvalue weighted by atomic mass is 10.1. The third kappa shape index (κ3) is 14.9. The van der Waals surface area contributed by atoms with Crippen LogP contribution in [0.5, 0.6) is 0 Å². The first-order valence-electron chi connectivity index (χ1n) is 6.96. The first-order chi connectivity index (χ1) is 7.41. The fourth-order valence-corrected chi connectivity index (χ4v) is 5.51. The van der Waals surface area contributed by atoms with Gasteiger partial charge in [0.1, 0.15) is 0 Å². The van der Waals surface area contributed by atoms with Crippen molar-refractivity contribution in [1.82, 2.24) is 0 Å². The SMILES string of the molecule is CCCCCCCCP[PH2+]CCCCC. The number of hydrogen-bond acceptors (Lipinski definition) is 0. The molecule has 0 fully saturated rings. The van der Waals surface area contributed by atoms with E-state index >= 15 is 0 Å². The van der Waals surface area contributed by atoms with Gasteiger partial charge in [0, 0.05) is 16.5 Å². The molecule has 0 bridgehead atoms. The number of hydrogen-bond donors (Lipinski definition) is 0. The minimum Gasteiger partial charge on any atom is -0.0654 e. The maximum Gasteiger partial charge on any atom is 0.0569 e. The van der Waals surface area contributed by atoms with E-state index in [1.165, 1.54) is 66.1 Å². The first kappa shape index (κ1) is 15.9. The molecule has 0 saturated heterocycles. The van der Waals surface area contributed by atoms with E-state index in [0.29, 0.717) is 0 Å².